The molecule has 1 N–H and O–H groups in total. The minimum atomic E-state index is -0.857. The lowest BCUT2D eigenvalue weighted by Crippen LogP contribution is -2.41. The highest BCUT2D eigenvalue weighted by molar-refractivity contribution is 7.13. The first-order chi connectivity index (χ1) is 9.88. The van der Waals surface area contributed by atoms with Crippen LogP contribution in [0.5, 0.6) is 0 Å². The summed E-state index contributed by atoms with van der Waals surface area (Å²) in [5.74, 6) is -0.709. The Bertz CT molecular complexity index is 493. The summed E-state index contributed by atoms with van der Waals surface area (Å²) in [7, 11) is 4.28. The Balaban J connectivity index is 2.05. The molecule has 1 fully saturated rings. The Morgan fingerprint density at radius 3 is 2.57 bits per heavy atom. The van der Waals surface area contributed by atoms with E-state index in [0.717, 1.165) is 30.3 Å². The lowest BCUT2D eigenvalue weighted by molar-refractivity contribution is 0.0700. The van der Waals surface area contributed by atoms with Crippen molar-refractivity contribution in [3.63, 3.8) is 0 Å². The summed E-state index contributed by atoms with van der Waals surface area (Å²) in [6.45, 7) is 6.99. The number of piperidine rings is 1. The van der Waals surface area contributed by atoms with Crippen LogP contribution in [0.25, 0.3) is 0 Å². The molecule has 0 unspecified atom stereocenters. The van der Waals surface area contributed by atoms with Gasteiger partial charge in [0.1, 0.15) is 9.88 Å². The number of carboxylic acid groups (broad SMARTS) is 1. The maximum atomic E-state index is 11.3. The molecule has 118 valence electrons. The highest BCUT2D eigenvalue weighted by Crippen LogP contribution is 2.27. The molecule has 1 aromatic rings. The van der Waals surface area contributed by atoms with E-state index in [2.05, 4.69) is 28.9 Å². The Hall–Kier alpha value is -0.980. The third kappa shape index (κ3) is 4.02. The summed E-state index contributed by atoms with van der Waals surface area (Å²) in [5.41, 5.74) is 0.722. The van der Waals surface area contributed by atoms with Crippen LogP contribution in [0.2, 0.25) is 0 Å². The van der Waals surface area contributed by atoms with Crippen molar-refractivity contribution in [2.75, 3.05) is 27.2 Å². The van der Waals surface area contributed by atoms with E-state index in [-0.39, 0.29) is 5.92 Å². The van der Waals surface area contributed by atoms with E-state index in [9.17, 15) is 9.90 Å². The SMILES string of the molecule is CC(C)c1nc(CN(C)C2CCN(C)CC2)sc1C(=O)O. The van der Waals surface area contributed by atoms with Crippen LogP contribution >= 0.6 is 11.3 Å². The molecular weight excluding hydrogens is 286 g/mol. The fraction of sp³-hybridized carbons (Fsp3) is 0.733. The van der Waals surface area contributed by atoms with Gasteiger partial charge in [-0.25, -0.2) is 9.78 Å². The molecule has 1 saturated heterocycles. The normalized spacial score (nSPS) is 17.8. The molecule has 1 aromatic heterocycles. The molecule has 0 saturated carbocycles. The second kappa shape index (κ2) is 6.85. The fourth-order valence-electron chi connectivity index (χ4n) is 2.77. The monoisotopic (exact) mass is 311 g/mol. The molecule has 0 aliphatic carbocycles. The van der Waals surface area contributed by atoms with Gasteiger partial charge in [-0.15, -0.1) is 11.3 Å². The van der Waals surface area contributed by atoms with Gasteiger partial charge in [0.2, 0.25) is 0 Å². The second-order valence-corrected chi connectivity index (χ2v) is 7.32. The molecule has 1 aliphatic rings. The van der Waals surface area contributed by atoms with E-state index in [0.29, 0.717) is 10.9 Å². The smallest absolute Gasteiger partial charge is 0.347 e. The lowest BCUT2D eigenvalue weighted by Gasteiger charge is -2.34. The van der Waals surface area contributed by atoms with E-state index < -0.39 is 5.97 Å². The summed E-state index contributed by atoms with van der Waals surface area (Å²) in [4.78, 5) is 21.0. The number of thiazole rings is 1. The van der Waals surface area contributed by atoms with Crippen molar-refractivity contribution in [1.29, 1.82) is 0 Å². The van der Waals surface area contributed by atoms with Crippen LogP contribution in [0.15, 0.2) is 0 Å². The Labute approximate surface area is 130 Å². The van der Waals surface area contributed by atoms with Crippen LogP contribution in [-0.2, 0) is 6.54 Å². The van der Waals surface area contributed by atoms with Gasteiger partial charge in [0.15, 0.2) is 0 Å². The highest BCUT2D eigenvalue weighted by atomic mass is 32.1. The first-order valence-electron chi connectivity index (χ1n) is 7.50. The van der Waals surface area contributed by atoms with Gasteiger partial charge in [0, 0.05) is 6.04 Å². The average Bonchev–Trinajstić information content (AvgIpc) is 2.83. The Kier molecular flexibility index (Phi) is 5.35. The molecule has 0 atom stereocenters. The van der Waals surface area contributed by atoms with Gasteiger partial charge in [-0.1, -0.05) is 13.8 Å². The summed E-state index contributed by atoms with van der Waals surface area (Å²) in [5, 5.41) is 10.2. The summed E-state index contributed by atoms with van der Waals surface area (Å²) >= 11 is 1.33. The molecule has 6 heteroatoms. The van der Waals surface area contributed by atoms with E-state index in [1.54, 1.807) is 0 Å². The molecule has 5 nitrogen and oxygen atoms in total. The predicted octanol–water partition coefficient (Wildman–Crippen LogP) is 2.49. The molecule has 1 aliphatic heterocycles. The summed E-state index contributed by atoms with van der Waals surface area (Å²) in [6.07, 6.45) is 2.34. The molecule has 0 spiro atoms. The summed E-state index contributed by atoms with van der Waals surface area (Å²) < 4.78 is 0. The molecule has 2 heterocycles. The molecular formula is C15H25N3O2S. The van der Waals surface area contributed by atoms with Crippen molar-refractivity contribution in [2.24, 2.45) is 0 Å². The predicted molar refractivity (Wildman–Crippen MR) is 85.1 cm³/mol. The first kappa shape index (κ1) is 16.4. The van der Waals surface area contributed by atoms with Gasteiger partial charge in [-0.05, 0) is 45.9 Å². The van der Waals surface area contributed by atoms with Crippen LogP contribution in [0.4, 0.5) is 0 Å². The number of carbonyl (C=O) groups is 1. The van der Waals surface area contributed by atoms with Crippen LogP contribution in [0, 0.1) is 0 Å². The summed E-state index contributed by atoms with van der Waals surface area (Å²) in [6, 6.07) is 0.570. The van der Waals surface area contributed by atoms with Crippen LogP contribution in [-0.4, -0.2) is 59.1 Å². The second-order valence-electron chi connectivity index (χ2n) is 6.23. The van der Waals surface area contributed by atoms with Crippen LogP contribution in [0.1, 0.15) is 53.0 Å². The Morgan fingerprint density at radius 2 is 2.10 bits per heavy atom. The minimum absolute atomic E-state index is 0.148. The number of aromatic nitrogens is 1. The largest absolute Gasteiger partial charge is 0.477 e. The molecule has 0 aromatic carbocycles. The van der Waals surface area contributed by atoms with E-state index in [1.165, 1.54) is 24.2 Å². The van der Waals surface area contributed by atoms with Gasteiger partial charge >= 0.3 is 5.97 Å². The van der Waals surface area contributed by atoms with Gasteiger partial charge in [-0.3, -0.25) is 4.90 Å². The standard InChI is InChI=1S/C15H25N3O2S/c1-10(2)13-14(15(19)20)21-12(16-13)9-18(4)11-5-7-17(3)8-6-11/h10-11H,5-9H2,1-4H3,(H,19,20). The van der Waals surface area contributed by atoms with E-state index in [4.69, 9.17) is 0 Å². The van der Waals surface area contributed by atoms with Crippen molar-refractivity contribution >= 4 is 17.3 Å². The zero-order valence-electron chi connectivity index (χ0n) is 13.3. The number of carboxylic acids is 1. The van der Waals surface area contributed by atoms with Gasteiger partial charge in [0.05, 0.1) is 12.2 Å². The highest BCUT2D eigenvalue weighted by Gasteiger charge is 2.24. The molecule has 2 rings (SSSR count). The third-order valence-corrected chi connectivity index (χ3v) is 5.18. The van der Waals surface area contributed by atoms with Crippen LogP contribution < -0.4 is 0 Å². The lowest BCUT2D eigenvalue weighted by atomic mass is 10.0. The van der Waals surface area contributed by atoms with E-state index >= 15 is 0 Å². The molecule has 21 heavy (non-hydrogen) atoms. The fourth-order valence-corrected chi connectivity index (χ4v) is 3.89. The first-order valence-corrected chi connectivity index (χ1v) is 8.31. The number of hydrogen-bond acceptors (Lipinski definition) is 5. The van der Waals surface area contributed by atoms with Crippen LogP contribution in [0.3, 0.4) is 0 Å². The van der Waals surface area contributed by atoms with Crippen molar-refractivity contribution < 1.29 is 9.90 Å². The van der Waals surface area contributed by atoms with Gasteiger partial charge in [0.25, 0.3) is 0 Å². The quantitative estimate of drug-likeness (QED) is 0.905. The molecule has 0 amide bonds. The maximum absolute atomic E-state index is 11.3. The zero-order chi connectivity index (χ0) is 15.6. The van der Waals surface area contributed by atoms with Crippen molar-refractivity contribution in [1.82, 2.24) is 14.8 Å². The number of rotatable bonds is 5. The van der Waals surface area contributed by atoms with Crippen molar-refractivity contribution in [3.05, 3.63) is 15.6 Å². The van der Waals surface area contributed by atoms with E-state index in [1.807, 2.05) is 13.8 Å². The van der Waals surface area contributed by atoms with Gasteiger partial charge in [-0.2, -0.15) is 0 Å². The molecule has 0 radical (unpaired) electrons. The number of aromatic carboxylic acids is 1. The van der Waals surface area contributed by atoms with Crippen molar-refractivity contribution in [3.8, 4) is 0 Å². The van der Waals surface area contributed by atoms with Crippen molar-refractivity contribution in [2.45, 2.75) is 45.2 Å². The Morgan fingerprint density at radius 1 is 1.48 bits per heavy atom. The number of hydrogen-bond donors (Lipinski definition) is 1. The van der Waals surface area contributed by atoms with Gasteiger partial charge < -0.3 is 10.0 Å². The number of nitrogens with zero attached hydrogens (tertiary/aromatic N) is 3. The maximum Gasteiger partial charge on any atom is 0.347 e. The molecule has 0 bridgehead atoms. The minimum Gasteiger partial charge on any atom is -0.477 e. The number of likely N-dealkylation sites (tertiary alicyclic amines) is 1. The zero-order valence-corrected chi connectivity index (χ0v) is 14.1. The third-order valence-electron chi connectivity index (χ3n) is 4.13. The average molecular weight is 311 g/mol. The topological polar surface area (TPSA) is 56.7 Å².